The second-order valence-corrected chi connectivity index (χ2v) is 8.23. The van der Waals surface area contributed by atoms with Crippen LogP contribution in [0.5, 0.6) is 0 Å². The van der Waals surface area contributed by atoms with Crippen LogP contribution in [0.2, 0.25) is 0 Å². The monoisotopic (exact) mass is 488 g/mol. The van der Waals surface area contributed by atoms with E-state index in [4.69, 9.17) is 28.8 Å². The van der Waals surface area contributed by atoms with Crippen molar-refractivity contribution in [1.82, 2.24) is 0 Å². The molecule has 0 saturated carbocycles. The van der Waals surface area contributed by atoms with Crippen LogP contribution in [0.15, 0.2) is 0 Å². The molecule has 194 valence electrons. The van der Waals surface area contributed by atoms with Crippen LogP contribution in [0.3, 0.4) is 0 Å². The fourth-order valence-corrected chi connectivity index (χ4v) is 3.98. The van der Waals surface area contributed by atoms with E-state index in [1.54, 1.807) is 0 Å². The Labute approximate surface area is 187 Å². The zero-order valence-corrected chi connectivity index (χ0v) is 17.4. The smallest absolute Gasteiger partial charge is 0.187 e. The Hall–Kier alpha value is -0.600. The van der Waals surface area contributed by atoms with Crippen molar-refractivity contribution >= 4 is 0 Å². The molecular formula is C18H32O15. The molecule has 0 unspecified atom stereocenters. The van der Waals surface area contributed by atoms with Gasteiger partial charge in [-0.2, -0.15) is 0 Å². The van der Waals surface area contributed by atoms with E-state index in [2.05, 4.69) is 0 Å². The third-order valence-corrected chi connectivity index (χ3v) is 5.99. The number of rotatable bonds is 7. The summed E-state index contributed by atoms with van der Waals surface area (Å²) >= 11 is 0. The highest BCUT2D eigenvalue weighted by Crippen LogP contribution is 2.31. The Morgan fingerprint density at radius 2 is 1.12 bits per heavy atom. The average molecular weight is 488 g/mol. The molecule has 15 heteroatoms. The Balaban J connectivity index is 1.72. The Morgan fingerprint density at radius 3 is 1.70 bits per heavy atom. The van der Waals surface area contributed by atoms with Gasteiger partial charge in [-0.05, 0) is 0 Å². The zero-order chi connectivity index (χ0) is 24.4. The highest BCUT2D eigenvalue weighted by Gasteiger charge is 2.52. The molecule has 0 aliphatic carbocycles. The molecule has 10 N–H and O–H groups in total. The van der Waals surface area contributed by atoms with Crippen LogP contribution in [-0.4, -0.2) is 157 Å². The fraction of sp³-hybridized carbons (Fsp3) is 1.00. The normalized spacial score (nSPS) is 51.5. The van der Waals surface area contributed by atoms with Crippen LogP contribution < -0.4 is 0 Å². The first-order valence-corrected chi connectivity index (χ1v) is 10.5. The van der Waals surface area contributed by atoms with Gasteiger partial charge in [0.25, 0.3) is 0 Å². The highest BCUT2D eigenvalue weighted by molar-refractivity contribution is 4.94. The molecule has 3 saturated heterocycles. The summed E-state index contributed by atoms with van der Waals surface area (Å²) in [5.74, 6) is 0. The van der Waals surface area contributed by atoms with Crippen LogP contribution in [0.25, 0.3) is 0 Å². The summed E-state index contributed by atoms with van der Waals surface area (Å²) in [6, 6.07) is 0. The number of aliphatic hydroxyl groups excluding tert-OH is 10. The van der Waals surface area contributed by atoms with Crippen molar-refractivity contribution in [2.24, 2.45) is 0 Å². The minimum atomic E-state index is -1.82. The Kier molecular flexibility index (Phi) is 9.35. The van der Waals surface area contributed by atoms with Gasteiger partial charge in [-0.3, -0.25) is 0 Å². The molecular weight excluding hydrogens is 456 g/mol. The molecule has 3 heterocycles. The first kappa shape index (κ1) is 27.0. The van der Waals surface area contributed by atoms with Gasteiger partial charge in [-0.25, -0.2) is 0 Å². The van der Waals surface area contributed by atoms with Gasteiger partial charge < -0.3 is 74.7 Å². The quantitative estimate of drug-likeness (QED) is 0.160. The maximum atomic E-state index is 10.7. The Morgan fingerprint density at radius 1 is 0.576 bits per heavy atom. The lowest BCUT2D eigenvalue weighted by Gasteiger charge is -2.47. The predicted octanol–water partition coefficient (Wildman–Crippen LogP) is -6.54. The topological polar surface area (TPSA) is 248 Å². The minimum absolute atomic E-state index is 0.205. The van der Waals surface area contributed by atoms with Crippen molar-refractivity contribution in [3.63, 3.8) is 0 Å². The van der Waals surface area contributed by atoms with Gasteiger partial charge in [-0.1, -0.05) is 0 Å². The molecule has 3 aliphatic heterocycles. The summed E-state index contributed by atoms with van der Waals surface area (Å²) in [6.45, 7) is -2.03. The largest absolute Gasteiger partial charge is 0.394 e. The molecule has 3 aliphatic rings. The number of ether oxygens (including phenoxy) is 5. The molecule has 3 fully saturated rings. The first-order valence-electron chi connectivity index (χ1n) is 10.5. The van der Waals surface area contributed by atoms with E-state index >= 15 is 0 Å². The van der Waals surface area contributed by atoms with Crippen molar-refractivity contribution in [3.8, 4) is 0 Å². The van der Waals surface area contributed by atoms with E-state index in [-0.39, 0.29) is 6.42 Å². The first-order chi connectivity index (χ1) is 15.6. The summed E-state index contributed by atoms with van der Waals surface area (Å²) in [5, 5.41) is 99.3. The molecule has 15 nitrogen and oxygen atoms in total. The van der Waals surface area contributed by atoms with E-state index in [9.17, 15) is 46.0 Å². The highest BCUT2D eigenvalue weighted by atomic mass is 16.7. The molecule has 0 amide bonds. The molecule has 3 rings (SSSR count). The molecule has 0 radical (unpaired) electrons. The lowest BCUT2D eigenvalue weighted by atomic mass is 9.96. The molecule has 0 spiro atoms. The van der Waals surface area contributed by atoms with Crippen molar-refractivity contribution in [2.45, 2.75) is 92.4 Å². The van der Waals surface area contributed by atoms with Gasteiger partial charge in [0.2, 0.25) is 0 Å². The van der Waals surface area contributed by atoms with Gasteiger partial charge >= 0.3 is 0 Å². The second kappa shape index (κ2) is 11.4. The van der Waals surface area contributed by atoms with Crippen LogP contribution in [0.4, 0.5) is 0 Å². The van der Waals surface area contributed by atoms with E-state index in [1.807, 2.05) is 0 Å². The van der Waals surface area contributed by atoms with E-state index in [1.165, 1.54) is 0 Å². The summed E-state index contributed by atoms with van der Waals surface area (Å²) in [4.78, 5) is 0. The van der Waals surface area contributed by atoms with Gasteiger partial charge in [0.15, 0.2) is 18.9 Å². The molecule has 0 bridgehead atoms. The second-order valence-electron chi connectivity index (χ2n) is 8.23. The maximum Gasteiger partial charge on any atom is 0.187 e. The maximum absolute atomic E-state index is 10.7. The summed E-state index contributed by atoms with van der Waals surface area (Å²) in [7, 11) is 0. The predicted molar refractivity (Wildman–Crippen MR) is 99.9 cm³/mol. The van der Waals surface area contributed by atoms with Crippen molar-refractivity contribution < 1.29 is 74.7 Å². The van der Waals surface area contributed by atoms with Crippen LogP contribution in [0, 0.1) is 0 Å². The summed E-state index contributed by atoms with van der Waals surface area (Å²) in [6.07, 6.45) is -21.6. The van der Waals surface area contributed by atoms with Crippen molar-refractivity contribution in [2.75, 3.05) is 19.8 Å². The average Bonchev–Trinajstić information content (AvgIpc) is 2.80. The van der Waals surface area contributed by atoms with Crippen LogP contribution in [-0.2, 0) is 23.7 Å². The third-order valence-electron chi connectivity index (χ3n) is 5.99. The lowest BCUT2D eigenvalue weighted by molar-refractivity contribution is -0.375. The van der Waals surface area contributed by atoms with Gasteiger partial charge in [0.05, 0.1) is 25.9 Å². The van der Waals surface area contributed by atoms with E-state index in [0.29, 0.717) is 0 Å². The molecule has 14 atom stereocenters. The van der Waals surface area contributed by atoms with Gasteiger partial charge in [0.1, 0.15) is 61.0 Å². The molecule has 33 heavy (non-hydrogen) atoms. The lowest BCUT2D eigenvalue weighted by Crippen LogP contribution is -2.65. The third kappa shape index (κ3) is 5.64. The summed E-state index contributed by atoms with van der Waals surface area (Å²) in [5.41, 5.74) is 0. The van der Waals surface area contributed by atoms with Crippen molar-refractivity contribution in [1.29, 1.82) is 0 Å². The Bertz CT molecular complexity index is 609. The molecule has 0 aromatic rings. The van der Waals surface area contributed by atoms with Gasteiger partial charge in [-0.15, -0.1) is 0 Å². The zero-order valence-electron chi connectivity index (χ0n) is 17.4. The SMILES string of the molecule is OC[C@H]1O[C@H](O[C@@H]2[C@H](O)[C@@H](O[C@H]3C[C@H](O)[C@@H](CO)O[C@@H]3O)O[C@H](CO)[C@H]2O)[C@H](O)[C@@H](O)[C@@H]1O. The molecule has 0 aromatic carbocycles. The number of aliphatic hydroxyl groups is 10. The van der Waals surface area contributed by atoms with Crippen molar-refractivity contribution in [3.05, 3.63) is 0 Å². The summed E-state index contributed by atoms with van der Waals surface area (Å²) < 4.78 is 26.6. The van der Waals surface area contributed by atoms with Gasteiger partial charge in [0, 0.05) is 6.42 Å². The van der Waals surface area contributed by atoms with E-state index < -0.39 is 106 Å². The molecule has 0 aromatic heterocycles. The fourth-order valence-electron chi connectivity index (χ4n) is 3.98. The van der Waals surface area contributed by atoms with Crippen LogP contribution in [0.1, 0.15) is 6.42 Å². The minimum Gasteiger partial charge on any atom is -0.394 e. The number of hydrogen-bond donors (Lipinski definition) is 10. The number of hydrogen-bond acceptors (Lipinski definition) is 15. The van der Waals surface area contributed by atoms with Crippen LogP contribution >= 0.6 is 0 Å². The van der Waals surface area contributed by atoms with E-state index in [0.717, 1.165) is 0 Å². The standard InChI is InChI=1S/C18H32O15/c19-2-7-5(22)1-6(16(28)29-7)30-18-14(27)15(11(24)9(4-21)32-18)33-17-13(26)12(25)10(23)8(3-20)31-17/h5-28H,1-4H2/t5-,6-,7+,8+,9+,10+,11+,12-,13+,14-,15-,16-,17+,18-/m0/s1.